The Morgan fingerprint density at radius 3 is 2.11 bits per heavy atom. The highest BCUT2D eigenvalue weighted by Crippen LogP contribution is 2.31. The molecule has 2 aromatic rings. The minimum absolute atomic E-state index is 0.847. The van der Waals surface area contributed by atoms with Crippen LogP contribution in [0.3, 0.4) is 0 Å². The van der Waals surface area contributed by atoms with Crippen molar-refractivity contribution < 1.29 is 0 Å². The highest BCUT2D eigenvalue weighted by atomic mass is 14.5. The van der Waals surface area contributed by atoms with Gasteiger partial charge in [0.25, 0.3) is 0 Å². The van der Waals surface area contributed by atoms with Crippen LogP contribution >= 0.6 is 0 Å². The van der Waals surface area contributed by atoms with Gasteiger partial charge in [0.1, 0.15) is 0 Å². The number of benzene rings is 2. The van der Waals surface area contributed by atoms with E-state index in [0.29, 0.717) is 0 Å². The van der Waals surface area contributed by atoms with Gasteiger partial charge < -0.3 is 5.73 Å². The predicted molar refractivity (Wildman–Crippen MR) is 81.5 cm³/mol. The molecule has 1 aliphatic rings. The predicted octanol–water partition coefficient (Wildman–Crippen LogP) is 3.72. The third-order valence-electron chi connectivity index (χ3n) is 4.29. The van der Waals surface area contributed by atoms with E-state index in [4.69, 9.17) is 5.73 Å². The number of rotatable bonds is 4. The Balaban J connectivity index is 1.74. The molecule has 0 spiro atoms. The molecule has 0 aliphatic heterocycles. The molecular formula is C18H21N. The van der Waals surface area contributed by atoms with Gasteiger partial charge in [-0.3, -0.25) is 0 Å². The van der Waals surface area contributed by atoms with Crippen molar-refractivity contribution in [3.8, 4) is 0 Å². The van der Waals surface area contributed by atoms with Crippen LogP contribution in [0, 0.1) is 0 Å². The Kier molecular flexibility index (Phi) is 3.29. The fourth-order valence-electron chi connectivity index (χ4n) is 3.01. The van der Waals surface area contributed by atoms with Gasteiger partial charge in [0, 0.05) is 5.69 Å². The minimum atomic E-state index is 0.847. The zero-order valence-electron chi connectivity index (χ0n) is 11.6. The summed E-state index contributed by atoms with van der Waals surface area (Å²) in [5, 5.41) is 0. The molecule has 0 unspecified atom stereocenters. The first kappa shape index (κ1) is 12.3. The standard InChI is InChI=1S/C18H21N/c1-2-14-7-8-15(18-12-11-17(14)18)6-3-13-4-9-16(19)10-5-13/h4-5,7-10H,2-3,6,11-12,19H2,1H3. The van der Waals surface area contributed by atoms with Crippen LogP contribution in [-0.2, 0) is 32.1 Å². The van der Waals surface area contributed by atoms with E-state index in [-0.39, 0.29) is 0 Å². The van der Waals surface area contributed by atoms with Gasteiger partial charge in [-0.15, -0.1) is 0 Å². The third-order valence-corrected chi connectivity index (χ3v) is 4.29. The molecule has 0 bridgehead atoms. The highest BCUT2D eigenvalue weighted by molar-refractivity contribution is 5.47. The Morgan fingerprint density at radius 2 is 1.47 bits per heavy atom. The van der Waals surface area contributed by atoms with E-state index in [0.717, 1.165) is 18.5 Å². The van der Waals surface area contributed by atoms with Crippen LogP contribution in [-0.4, -0.2) is 0 Å². The van der Waals surface area contributed by atoms with Crippen molar-refractivity contribution in [1.82, 2.24) is 0 Å². The average molecular weight is 251 g/mol. The lowest BCUT2D eigenvalue weighted by molar-refractivity contribution is 0.782. The Labute approximate surface area is 115 Å². The first-order valence-corrected chi connectivity index (χ1v) is 7.25. The second-order valence-corrected chi connectivity index (χ2v) is 5.44. The molecular weight excluding hydrogens is 230 g/mol. The summed E-state index contributed by atoms with van der Waals surface area (Å²) in [7, 11) is 0. The number of anilines is 1. The summed E-state index contributed by atoms with van der Waals surface area (Å²) in [5.41, 5.74) is 14.3. The van der Waals surface area contributed by atoms with Crippen molar-refractivity contribution in [2.75, 3.05) is 5.73 Å². The van der Waals surface area contributed by atoms with Gasteiger partial charge in [-0.05, 0) is 72.1 Å². The monoisotopic (exact) mass is 251 g/mol. The quantitative estimate of drug-likeness (QED) is 0.824. The molecule has 0 saturated heterocycles. The number of hydrogen-bond acceptors (Lipinski definition) is 1. The molecule has 0 radical (unpaired) electrons. The summed E-state index contributed by atoms with van der Waals surface area (Å²) in [6.45, 7) is 2.25. The molecule has 1 heteroatoms. The molecule has 0 saturated carbocycles. The lowest BCUT2D eigenvalue weighted by Gasteiger charge is -2.26. The van der Waals surface area contributed by atoms with Crippen LogP contribution in [0.25, 0.3) is 0 Å². The van der Waals surface area contributed by atoms with Crippen LogP contribution < -0.4 is 5.73 Å². The lowest BCUT2D eigenvalue weighted by Crippen LogP contribution is -2.15. The number of aryl methyl sites for hydroxylation is 3. The van der Waals surface area contributed by atoms with Gasteiger partial charge in [0.15, 0.2) is 0 Å². The van der Waals surface area contributed by atoms with Gasteiger partial charge in [0.05, 0.1) is 0 Å². The van der Waals surface area contributed by atoms with Crippen LogP contribution in [0.1, 0.15) is 34.7 Å². The molecule has 0 atom stereocenters. The molecule has 3 rings (SSSR count). The largest absolute Gasteiger partial charge is 0.399 e. The second-order valence-electron chi connectivity index (χ2n) is 5.44. The van der Waals surface area contributed by atoms with E-state index >= 15 is 0 Å². The van der Waals surface area contributed by atoms with Crippen molar-refractivity contribution in [3.63, 3.8) is 0 Å². The van der Waals surface area contributed by atoms with E-state index in [1.165, 1.54) is 24.8 Å². The zero-order valence-corrected chi connectivity index (χ0v) is 11.6. The number of nitrogens with two attached hydrogens (primary N) is 1. The second kappa shape index (κ2) is 5.08. The molecule has 0 amide bonds. The summed E-state index contributed by atoms with van der Waals surface area (Å²) in [6, 6.07) is 12.9. The van der Waals surface area contributed by atoms with E-state index < -0.39 is 0 Å². The van der Waals surface area contributed by atoms with Crippen molar-refractivity contribution in [3.05, 3.63) is 64.2 Å². The fraction of sp³-hybridized carbons (Fsp3) is 0.333. The fourth-order valence-corrected chi connectivity index (χ4v) is 3.01. The maximum absolute atomic E-state index is 5.72. The molecule has 1 nitrogen and oxygen atoms in total. The zero-order chi connectivity index (χ0) is 13.2. The maximum Gasteiger partial charge on any atom is 0.0314 e. The van der Waals surface area contributed by atoms with Crippen LogP contribution in [0.15, 0.2) is 36.4 Å². The third kappa shape index (κ3) is 2.37. The molecule has 0 heterocycles. The van der Waals surface area contributed by atoms with Gasteiger partial charge >= 0.3 is 0 Å². The number of nitrogen functional groups attached to an aromatic ring is 1. The smallest absolute Gasteiger partial charge is 0.0314 e. The molecule has 2 aromatic carbocycles. The van der Waals surface area contributed by atoms with E-state index in [9.17, 15) is 0 Å². The molecule has 0 aromatic heterocycles. The molecule has 1 aliphatic carbocycles. The first-order chi connectivity index (χ1) is 9.28. The summed E-state index contributed by atoms with van der Waals surface area (Å²) in [5.74, 6) is 0. The van der Waals surface area contributed by atoms with Crippen molar-refractivity contribution in [1.29, 1.82) is 0 Å². The number of hydrogen-bond donors (Lipinski definition) is 1. The SMILES string of the molecule is CCc1ccc(CCc2ccc(N)cc2)c2c1CC2. The van der Waals surface area contributed by atoms with Gasteiger partial charge in [0.2, 0.25) is 0 Å². The van der Waals surface area contributed by atoms with Crippen LogP contribution in [0.5, 0.6) is 0 Å². The molecule has 2 N–H and O–H groups in total. The summed E-state index contributed by atoms with van der Waals surface area (Å²) >= 11 is 0. The Bertz CT molecular complexity index is 581. The lowest BCUT2D eigenvalue weighted by atomic mass is 9.79. The van der Waals surface area contributed by atoms with Gasteiger partial charge in [-0.2, -0.15) is 0 Å². The van der Waals surface area contributed by atoms with Gasteiger partial charge in [-0.1, -0.05) is 31.2 Å². The van der Waals surface area contributed by atoms with Crippen LogP contribution in [0.4, 0.5) is 5.69 Å². The van der Waals surface area contributed by atoms with Crippen LogP contribution in [0.2, 0.25) is 0 Å². The molecule has 98 valence electrons. The Morgan fingerprint density at radius 1 is 0.842 bits per heavy atom. The summed E-state index contributed by atoms with van der Waals surface area (Å²) in [6.07, 6.45) is 5.99. The van der Waals surface area contributed by atoms with E-state index in [1.807, 2.05) is 12.1 Å². The minimum Gasteiger partial charge on any atom is -0.399 e. The summed E-state index contributed by atoms with van der Waals surface area (Å²) in [4.78, 5) is 0. The van der Waals surface area contributed by atoms with Gasteiger partial charge in [-0.25, -0.2) is 0 Å². The highest BCUT2D eigenvalue weighted by Gasteiger charge is 2.19. The topological polar surface area (TPSA) is 26.0 Å². The first-order valence-electron chi connectivity index (χ1n) is 7.25. The van der Waals surface area contributed by atoms with Crippen molar-refractivity contribution in [2.45, 2.75) is 39.0 Å². The Hall–Kier alpha value is -1.76. The normalized spacial score (nSPS) is 12.9. The molecule has 19 heavy (non-hydrogen) atoms. The average Bonchev–Trinajstić information content (AvgIpc) is 2.39. The molecule has 0 fully saturated rings. The number of fused-ring (bicyclic) bond motifs is 1. The van der Waals surface area contributed by atoms with E-state index in [1.54, 1.807) is 22.3 Å². The van der Waals surface area contributed by atoms with Crippen molar-refractivity contribution >= 4 is 5.69 Å². The van der Waals surface area contributed by atoms with Crippen molar-refractivity contribution in [2.24, 2.45) is 0 Å². The maximum atomic E-state index is 5.72. The summed E-state index contributed by atoms with van der Waals surface area (Å²) < 4.78 is 0. The van der Waals surface area contributed by atoms with E-state index in [2.05, 4.69) is 31.2 Å².